The van der Waals surface area contributed by atoms with E-state index >= 15 is 0 Å². The molecule has 0 aliphatic heterocycles. The number of ether oxygens (including phenoxy) is 1. The van der Waals surface area contributed by atoms with Crippen LogP contribution in [-0.4, -0.2) is 18.1 Å². The smallest absolute Gasteiger partial charge is 0.308 e. The first-order valence-corrected chi connectivity index (χ1v) is 3.33. The Morgan fingerprint density at radius 3 is 2.64 bits per heavy atom. The van der Waals surface area contributed by atoms with Crippen LogP contribution < -0.4 is 5.73 Å². The highest BCUT2D eigenvalue weighted by molar-refractivity contribution is 5.70. The summed E-state index contributed by atoms with van der Waals surface area (Å²) in [4.78, 5) is 10.8. The molecular formula is C8H13NO2. The van der Waals surface area contributed by atoms with Crippen LogP contribution in [0.3, 0.4) is 0 Å². The molecule has 0 aromatic carbocycles. The molecule has 0 amide bonds. The summed E-state index contributed by atoms with van der Waals surface area (Å²) in [6.07, 6.45) is 5.07. The van der Waals surface area contributed by atoms with Crippen LogP contribution in [0.4, 0.5) is 0 Å². The van der Waals surface area contributed by atoms with Gasteiger partial charge in [-0.2, -0.15) is 0 Å². The van der Waals surface area contributed by atoms with Gasteiger partial charge in [-0.3, -0.25) is 4.79 Å². The first kappa shape index (κ1) is 9.99. The highest BCUT2D eigenvalue weighted by Crippen LogP contribution is 2.03. The van der Waals surface area contributed by atoms with Crippen molar-refractivity contribution in [2.45, 2.75) is 25.8 Å². The van der Waals surface area contributed by atoms with Gasteiger partial charge in [0.1, 0.15) is 0 Å². The number of rotatable bonds is 3. The molecule has 0 radical (unpaired) electrons. The maximum atomic E-state index is 10.8. The SMILES string of the molecule is C#CCOC(=O)CC(C)(C)N. The second kappa shape index (κ2) is 3.99. The van der Waals surface area contributed by atoms with Crippen LogP contribution >= 0.6 is 0 Å². The zero-order valence-corrected chi connectivity index (χ0v) is 6.89. The van der Waals surface area contributed by atoms with Crippen molar-refractivity contribution in [1.82, 2.24) is 0 Å². The lowest BCUT2D eigenvalue weighted by Gasteiger charge is -2.15. The summed E-state index contributed by atoms with van der Waals surface area (Å²) in [5.74, 6) is 1.85. The van der Waals surface area contributed by atoms with Gasteiger partial charge in [0.05, 0.1) is 6.42 Å². The molecule has 0 aliphatic carbocycles. The number of carbonyl (C=O) groups is 1. The predicted molar refractivity (Wildman–Crippen MR) is 42.7 cm³/mol. The van der Waals surface area contributed by atoms with Crippen LogP contribution in [0, 0.1) is 12.3 Å². The van der Waals surface area contributed by atoms with Crippen molar-refractivity contribution in [3.8, 4) is 12.3 Å². The molecular weight excluding hydrogens is 142 g/mol. The van der Waals surface area contributed by atoms with Crippen molar-refractivity contribution < 1.29 is 9.53 Å². The monoisotopic (exact) mass is 155 g/mol. The summed E-state index contributed by atoms with van der Waals surface area (Å²) in [6.45, 7) is 3.53. The zero-order valence-electron chi connectivity index (χ0n) is 6.89. The van der Waals surface area contributed by atoms with Gasteiger partial charge in [0, 0.05) is 5.54 Å². The van der Waals surface area contributed by atoms with Crippen molar-refractivity contribution in [1.29, 1.82) is 0 Å². The van der Waals surface area contributed by atoms with E-state index in [0.29, 0.717) is 0 Å². The minimum absolute atomic E-state index is 0.0227. The Labute approximate surface area is 66.9 Å². The third-order valence-electron chi connectivity index (χ3n) is 0.916. The average Bonchev–Trinajstić information content (AvgIpc) is 1.79. The Kier molecular flexibility index (Phi) is 3.63. The van der Waals surface area contributed by atoms with Crippen LogP contribution in [0.2, 0.25) is 0 Å². The van der Waals surface area contributed by atoms with Gasteiger partial charge in [-0.1, -0.05) is 5.92 Å². The van der Waals surface area contributed by atoms with Gasteiger partial charge in [0.15, 0.2) is 6.61 Å². The van der Waals surface area contributed by atoms with Crippen LogP contribution in [0.1, 0.15) is 20.3 Å². The molecule has 0 rings (SSSR count). The molecule has 0 saturated carbocycles. The van der Waals surface area contributed by atoms with E-state index in [-0.39, 0.29) is 19.0 Å². The molecule has 0 spiro atoms. The van der Waals surface area contributed by atoms with E-state index < -0.39 is 5.54 Å². The van der Waals surface area contributed by atoms with Crippen LogP contribution in [0.5, 0.6) is 0 Å². The number of nitrogens with two attached hydrogens (primary N) is 1. The van der Waals surface area contributed by atoms with Crippen LogP contribution in [0.15, 0.2) is 0 Å². The van der Waals surface area contributed by atoms with E-state index in [1.165, 1.54) is 0 Å². The summed E-state index contributed by atoms with van der Waals surface area (Å²) < 4.78 is 4.61. The molecule has 0 aliphatic rings. The molecule has 3 heteroatoms. The normalized spacial score (nSPS) is 10.4. The van der Waals surface area contributed by atoms with Gasteiger partial charge in [0.2, 0.25) is 0 Å². The zero-order chi connectivity index (χ0) is 8.91. The number of carbonyl (C=O) groups excluding carboxylic acids is 1. The maximum Gasteiger partial charge on any atom is 0.308 e. The van der Waals surface area contributed by atoms with Crippen molar-refractivity contribution >= 4 is 5.97 Å². The van der Waals surface area contributed by atoms with E-state index in [4.69, 9.17) is 12.2 Å². The standard InChI is InChI=1S/C8H13NO2/c1-4-5-11-7(10)6-8(2,3)9/h1H,5-6,9H2,2-3H3. The molecule has 3 nitrogen and oxygen atoms in total. The fraction of sp³-hybridized carbons (Fsp3) is 0.625. The lowest BCUT2D eigenvalue weighted by molar-refractivity contribution is -0.143. The van der Waals surface area contributed by atoms with E-state index in [9.17, 15) is 4.79 Å². The molecule has 0 aromatic rings. The van der Waals surface area contributed by atoms with Gasteiger partial charge in [0.25, 0.3) is 0 Å². The fourth-order valence-electron chi connectivity index (χ4n) is 0.545. The van der Waals surface area contributed by atoms with Gasteiger partial charge in [-0.05, 0) is 13.8 Å². The number of esters is 1. The van der Waals surface area contributed by atoms with Crippen LogP contribution in [-0.2, 0) is 9.53 Å². The minimum Gasteiger partial charge on any atom is -0.452 e. The summed E-state index contributed by atoms with van der Waals surface area (Å²) in [5, 5.41) is 0. The number of hydrogen-bond donors (Lipinski definition) is 1. The highest BCUT2D eigenvalue weighted by Gasteiger charge is 2.16. The third kappa shape index (κ3) is 6.88. The first-order valence-electron chi connectivity index (χ1n) is 3.33. The Hall–Kier alpha value is -1.01. The summed E-state index contributed by atoms with van der Waals surface area (Å²) in [5.41, 5.74) is 5.03. The highest BCUT2D eigenvalue weighted by atomic mass is 16.5. The van der Waals surface area contributed by atoms with Crippen molar-refractivity contribution in [2.24, 2.45) is 5.73 Å². The summed E-state index contributed by atoms with van der Waals surface area (Å²) >= 11 is 0. The first-order chi connectivity index (χ1) is 4.95. The third-order valence-corrected chi connectivity index (χ3v) is 0.916. The molecule has 0 unspecified atom stereocenters. The molecule has 11 heavy (non-hydrogen) atoms. The van der Waals surface area contributed by atoms with E-state index in [1.54, 1.807) is 13.8 Å². The summed E-state index contributed by atoms with van der Waals surface area (Å²) in [7, 11) is 0. The molecule has 0 aromatic heterocycles. The van der Waals surface area contributed by atoms with Gasteiger partial charge >= 0.3 is 5.97 Å². The Morgan fingerprint density at radius 2 is 2.27 bits per heavy atom. The molecule has 0 fully saturated rings. The Balaban J connectivity index is 3.64. The second-order valence-corrected chi connectivity index (χ2v) is 3.03. The largest absolute Gasteiger partial charge is 0.452 e. The van der Waals surface area contributed by atoms with Gasteiger partial charge in [-0.25, -0.2) is 0 Å². The van der Waals surface area contributed by atoms with E-state index in [1.807, 2.05) is 0 Å². The van der Waals surface area contributed by atoms with Gasteiger partial charge < -0.3 is 10.5 Å². The van der Waals surface area contributed by atoms with E-state index in [0.717, 1.165) is 0 Å². The molecule has 0 heterocycles. The second-order valence-electron chi connectivity index (χ2n) is 3.03. The lowest BCUT2D eigenvalue weighted by atomic mass is 10.0. The number of hydrogen-bond acceptors (Lipinski definition) is 3. The Bertz CT molecular complexity index is 174. The fourth-order valence-corrected chi connectivity index (χ4v) is 0.545. The lowest BCUT2D eigenvalue weighted by Crippen LogP contribution is -2.35. The van der Waals surface area contributed by atoms with Crippen LogP contribution in [0.25, 0.3) is 0 Å². The topological polar surface area (TPSA) is 52.3 Å². The van der Waals surface area contributed by atoms with Gasteiger partial charge in [-0.15, -0.1) is 6.42 Å². The quantitative estimate of drug-likeness (QED) is 0.471. The van der Waals surface area contributed by atoms with Crippen molar-refractivity contribution in [3.05, 3.63) is 0 Å². The van der Waals surface area contributed by atoms with Crippen molar-refractivity contribution in [2.75, 3.05) is 6.61 Å². The average molecular weight is 155 g/mol. The maximum absolute atomic E-state index is 10.8. The molecule has 0 saturated heterocycles. The Morgan fingerprint density at radius 1 is 1.73 bits per heavy atom. The molecule has 0 bridgehead atoms. The number of terminal acetylenes is 1. The molecule has 62 valence electrons. The van der Waals surface area contributed by atoms with E-state index in [2.05, 4.69) is 10.7 Å². The summed E-state index contributed by atoms with van der Waals surface area (Å²) in [6, 6.07) is 0. The molecule has 2 N–H and O–H groups in total. The predicted octanol–water partition coefficient (Wildman–Crippen LogP) is 0.290. The minimum atomic E-state index is -0.522. The molecule has 0 atom stereocenters. The van der Waals surface area contributed by atoms with Crippen molar-refractivity contribution in [3.63, 3.8) is 0 Å².